The molecule has 1 amide bonds. The van der Waals surface area contributed by atoms with Crippen molar-refractivity contribution in [1.29, 1.82) is 0 Å². The van der Waals surface area contributed by atoms with Crippen molar-refractivity contribution in [2.45, 2.75) is 39.0 Å². The molecule has 0 atom stereocenters. The van der Waals surface area contributed by atoms with E-state index in [1.165, 1.54) is 24.3 Å². The first-order valence-corrected chi connectivity index (χ1v) is 12.5. The van der Waals surface area contributed by atoms with Crippen molar-refractivity contribution in [1.82, 2.24) is 5.32 Å². The molecule has 0 saturated carbocycles. The molecule has 0 spiro atoms. The number of anilines is 1. The Morgan fingerprint density at radius 2 is 1.85 bits per heavy atom. The van der Waals surface area contributed by atoms with Crippen LogP contribution in [0.2, 0.25) is 0 Å². The summed E-state index contributed by atoms with van der Waals surface area (Å²) in [6.07, 6.45) is 1.40. The molecule has 0 aliphatic rings. The number of nitro groups is 1. The third-order valence-electron chi connectivity index (χ3n) is 4.87. The number of carbonyl (C=O) groups is 1. The van der Waals surface area contributed by atoms with Crippen LogP contribution < -0.4 is 14.4 Å². The number of nitro benzene ring substituents is 1. The van der Waals surface area contributed by atoms with Gasteiger partial charge in [-0.15, -0.1) is 0 Å². The normalized spacial score (nSPS) is 11.6. The minimum atomic E-state index is -3.67. The lowest BCUT2D eigenvalue weighted by Crippen LogP contribution is -2.33. The van der Waals surface area contributed by atoms with Gasteiger partial charge in [0.15, 0.2) is 0 Å². The molecule has 0 aliphatic heterocycles. The van der Waals surface area contributed by atoms with Crippen molar-refractivity contribution in [3.8, 4) is 5.75 Å². The molecule has 10 heteroatoms. The summed E-state index contributed by atoms with van der Waals surface area (Å²) in [5, 5.41) is 13.8. The Morgan fingerprint density at radius 3 is 2.48 bits per heavy atom. The molecule has 2 aromatic rings. The largest absolute Gasteiger partial charge is 0.491 e. The molecule has 2 rings (SSSR count). The second-order valence-corrected chi connectivity index (χ2v) is 10.6. The fourth-order valence-electron chi connectivity index (χ4n) is 3.28. The minimum absolute atomic E-state index is 0.0306. The quantitative estimate of drug-likeness (QED) is 0.300. The van der Waals surface area contributed by atoms with Crippen molar-refractivity contribution in [3.05, 3.63) is 64.2 Å². The number of benzene rings is 2. The lowest BCUT2D eigenvalue weighted by Gasteiger charge is -2.23. The Balaban J connectivity index is 1.84. The highest BCUT2D eigenvalue weighted by molar-refractivity contribution is 7.92. The molecule has 0 unspecified atom stereocenters. The molecule has 180 valence electrons. The van der Waals surface area contributed by atoms with E-state index >= 15 is 0 Å². The number of carbonyl (C=O) groups excluding carboxylic acids is 1. The van der Waals surface area contributed by atoms with Gasteiger partial charge >= 0.3 is 0 Å². The number of hydrogen-bond donors (Lipinski definition) is 1. The Hall–Kier alpha value is -3.14. The number of para-hydroxylation sites is 1. The molecule has 0 aliphatic carbocycles. The second kappa shape index (κ2) is 11.1. The predicted octanol–water partition coefficient (Wildman–Crippen LogP) is 3.63. The van der Waals surface area contributed by atoms with Gasteiger partial charge in [-0.1, -0.05) is 45.0 Å². The average molecular weight is 478 g/mol. The molecule has 33 heavy (non-hydrogen) atoms. The van der Waals surface area contributed by atoms with E-state index in [-0.39, 0.29) is 42.1 Å². The second-order valence-electron chi connectivity index (χ2n) is 8.66. The van der Waals surface area contributed by atoms with E-state index in [9.17, 15) is 23.3 Å². The number of nitrogens with one attached hydrogen (secondary N) is 1. The van der Waals surface area contributed by atoms with Gasteiger partial charge in [-0.2, -0.15) is 0 Å². The molecular weight excluding hydrogens is 446 g/mol. The molecule has 0 aromatic heterocycles. The van der Waals surface area contributed by atoms with Crippen LogP contribution in [0.15, 0.2) is 48.5 Å². The van der Waals surface area contributed by atoms with Gasteiger partial charge in [-0.3, -0.25) is 19.2 Å². The number of ether oxygens (including phenoxy) is 1. The Bertz CT molecular complexity index is 1080. The van der Waals surface area contributed by atoms with Crippen molar-refractivity contribution >= 4 is 27.3 Å². The zero-order chi connectivity index (χ0) is 24.6. The monoisotopic (exact) mass is 477 g/mol. The maximum Gasteiger partial charge on any atom is 0.271 e. The zero-order valence-corrected chi connectivity index (χ0v) is 20.2. The third-order valence-corrected chi connectivity index (χ3v) is 6.06. The summed E-state index contributed by atoms with van der Waals surface area (Å²) in [6.45, 7) is 6.96. The van der Waals surface area contributed by atoms with Gasteiger partial charge in [0.05, 0.1) is 23.4 Å². The van der Waals surface area contributed by atoms with Gasteiger partial charge in [-0.05, 0) is 29.5 Å². The lowest BCUT2D eigenvalue weighted by molar-refractivity contribution is -0.384. The summed E-state index contributed by atoms with van der Waals surface area (Å²) in [6, 6.07) is 13.2. The van der Waals surface area contributed by atoms with Crippen LogP contribution in [0.5, 0.6) is 5.75 Å². The first-order chi connectivity index (χ1) is 15.4. The first kappa shape index (κ1) is 26.1. The molecule has 2 aromatic carbocycles. The van der Waals surface area contributed by atoms with E-state index in [1.807, 2.05) is 24.3 Å². The summed E-state index contributed by atoms with van der Waals surface area (Å²) in [4.78, 5) is 22.6. The van der Waals surface area contributed by atoms with Gasteiger partial charge in [0.1, 0.15) is 12.4 Å². The van der Waals surface area contributed by atoms with Crippen LogP contribution in [0, 0.1) is 10.1 Å². The number of non-ortho nitro benzene ring substituents is 1. The Morgan fingerprint density at radius 1 is 1.15 bits per heavy atom. The SMILES string of the molecule is CC(C)(C)c1ccccc1OCCNC(=O)CCCN(c1cccc([N+](=O)[O-])c1)S(C)(=O)=O. The molecule has 0 fully saturated rings. The van der Waals surface area contributed by atoms with Gasteiger partial charge in [0.25, 0.3) is 5.69 Å². The highest BCUT2D eigenvalue weighted by Crippen LogP contribution is 2.30. The Labute approximate surface area is 195 Å². The van der Waals surface area contributed by atoms with E-state index in [4.69, 9.17) is 4.74 Å². The summed E-state index contributed by atoms with van der Waals surface area (Å²) in [5.41, 5.74) is 1.01. The number of sulfonamides is 1. The van der Waals surface area contributed by atoms with E-state index < -0.39 is 14.9 Å². The summed E-state index contributed by atoms with van der Waals surface area (Å²) in [7, 11) is -3.67. The Kier molecular flexibility index (Phi) is 8.81. The maximum atomic E-state index is 12.2. The van der Waals surface area contributed by atoms with Gasteiger partial charge in [0, 0.05) is 25.1 Å². The highest BCUT2D eigenvalue weighted by atomic mass is 32.2. The van der Waals surface area contributed by atoms with Crippen molar-refractivity contribution in [2.75, 3.05) is 30.3 Å². The number of hydrogen-bond acceptors (Lipinski definition) is 6. The van der Waals surface area contributed by atoms with Crippen LogP contribution in [0.4, 0.5) is 11.4 Å². The fraction of sp³-hybridized carbons (Fsp3) is 0.435. The number of amides is 1. The van der Waals surface area contributed by atoms with Crippen LogP contribution in [-0.4, -0.2) is 45.2 Å². The summed E-state index contributed by atoms with van der Waals surface area (Å²) < 4.78 is 31.2. The lowest BCUT2D eigenvalue weighted by atomic mass is 9.86. The predicted molar refractivity (Wildman–Crippen MR) is 128 cm³/mol. The molecule has 9 nitrogen and oxygen atoms in total. The molecule has 0 saturated heterocycles. The topological polar surface area (TPSA) is 119 Å². The zero-order valence-electron chi connectivity index (χ0n) is 19.4. The molecule has 0 radical (unpaired) electrons. The average Bonchev–Trinajstić information content (AvgIpc) is 2.73. The van der Waals surface area contributed by atoms with E-state index in [1.54, 1.807) is 0 Å². The molecule has 0 bridgehead atoms. The van der Waals surface area contributed by atoms with E-state index in [0.29, 0.717) is 13.2 Å². The molecule has 1 N–H and O–H groups in total. The highest BCUT2D eigenvalue weighted by Gasteiger charge is 2.20. The van der Waals surface area contributed by atoms with Gasteiger partial charge in [-0.25, -0.2) is 8.42 Å². The minimum Gasteiger partial charge on any atom is -0.491 e. The fourth-order valence-corrected chi connectivity index (χ4v) is 4.24. The van der Waals surface area contributed by atoms with Gasteiger partial charge in [0.2, 0.25) is 15.9 Å². The van der Waals surface area contributed by atoms with Gasteiger partial charge < -0.3 is 10.1 Å². The van der Waals surface area contributed by atoms with Crippen molar-refractivity contribution in [2.24, 2.45) is 0 Å². The number of rotatable bonds is 11. The molecule has 0 heterocycles. The van der Waals surface area contributed by atoms with E-state index in [2.05, 4.69) is 26.1 Å². The van der Waals surface area contributed by atoms with Crippen LogP contribution in [0.3, 0.4) is 0 Å². The van der Waals surface area contributed by atoms with Crippen LogP contribution in [0.25, 0.3) is 0 Å². The van der Waals surface area contributed by atoms with Crippen LogP contribution in [-0.2, 0) is 20.2 Å². The standard InChI is InChI=1S/C23H31N3O6S/c1-23(2,3)20-11-5-6-12-21(20)32-16-14-24-22(27)13-8-15-25(33(4,30)31)18-9-7-10-19(17-18)26(28)29/h5-7,9-12,17H,8,13-16H2,1-4H3,(H,24,27). The number of nitrogens with zero attached hydrogens (tertiary/aromatic N) is 2. The molecular formula is C23H31N3O6S. The maximum absolute atomic E-state index is 12.2. The summed E-state index contributed by atoms with van der Waals surface area (Å²) in [5.74, 6) is 0.551. The summed E-state index contributed by atoms with van der Waals surface area (Å²) >= 11 is 0. The van der Waals surface area contributed by atoms with E-state index in [0.717, 1.165) is 21.9 Å². The van der Waals surface area contributed by atoms with Crippen LogP contribution in [0.1, 0.15) is 39.2 Å². The van der Waals surface area contributed by atoms with Crippen molar-refractivity contribution in [3.63, 3.8) is 0 Å². The smallest absolute Gasteiger partial charge is 0.271 e. The first-order valence-electron chi connectivity index (χ1n) is 10.6. The third kappa shape index (κ3) is 8.05. The van der Waals surface area contributed by atoms with Crippen LogP contribution >= 0.6 is 0 Å². The van der Waals surface area contributed by atoms with Crippen molar-refractivity contribution < 1.29 is 22.9 Å².